The zero-order valence-electron chi connectivity index (χ0n) is 21.9. The molecule has 9 heteroatoms. The Morgan fingerprint density at radius 2 is 1.45 bits per heavy atom. The maximum Gasteiger partial charge on any atom is 0.264 e. The summed E-state index contributed by atoms with van der Waals surface area (Å²) in [6, 6.07) is 22.6. The number of carbonyl (C=O) groups excluding carboxylic acids is 2. The molecule has 0 saturated carbocycles. The maximum absolute atomic E-state index is 14.0. The molecule has 38 heavy (non-hydrogen) atoms. The lowest BCUT2D eigenvalue weighted by atomic mass is 10.1. The van der Waals surface area contributed by atoms with Crippen molar-refractivity contribution in [3.8, 4) is 0 Å². The van der Waals surface area contributed by atoms with E-state index in [9.17, 15) is 18.0 Å². The number of hydrogen-bond acceptors (Lipinski definition) is 4. The predicted octanol–water partition coefficient (Wildman–Crippen LogP) is 5.26. The van der Waals surface area contributed by atoms with Crippen molar-refractivity contribution >= 4 is 39.1 Å². The van der Waals surface area contributed by atoms with Crippen LogP contribution in [0.5, 0.6) is 0 Å². The average molecular weight is 556 g/mol. The first-order valence-corrected chi connectivity index (χ1v) is 14.5. The number of nitrogens with zero attached hydrogens (tertiary/aromatic N) is 2. The number of halogens is 1. The topological polar surface area (TPSA) is 86.8 Å². The highest BCUT2D eigenvalue weighted by Crippen LogP contribution is 2.24. The predicted molar refractivity (Wildman–Crippen MR) is 151 cm³/mol. The zero-order chi connectivity index (χ0) is 27.7. The van der Waals surface area contributed by atoms with E-state index in [1.54, 1.807) is 72.8 Å². The van der Waals surface area contributed by atoms with Crippen LogP contribution in [0.4, 0.5) is 5.69 Å². The molecule has 0 unspecified atom stereocenters. The first-order chi connectivity index (χ1) is 18.2. The van der Waals surface area contributed by atoms with Crippen LogP contribution in [-0.4, -0.2) is 43.8 Å². The molecule has 0 radical (unpaired) electrons. The molecule has 0 heterocycles. The van der Waals surface area contributed by atoms with Crippen molar-refractivity contribution in [2.45, 2.75) is 57.1 Å². The third-order valence-corrected chi connectivity index (χ3v) is 8.35. The van der Waals surface area contributed by atoms with Gasteiger partial charge in [-0.1, -0.05) is 74.0 Å². The third-order valence-electron chi connectivity index (χ3n) is 6.31. The van der Waals surface area contributed by atoms with E-state index in [1.807, 2.05) is 20.8 Å². The molecule has 2 amide bonds. The lowest BCUT2D eigenvalue weighted by molar-refractivity contribution is -0.140. The Morgan fingerprint density at radius 1 is 0.868 bits per heavy atom. The first-order valence-electron chi connectivity index (χ1n) is 12.6. The normalized spacial score (nSPS) is 12.8. The fourth-order valence-electron chi connectivity index (χ4n) is 3.99. The Kier molecular flexibility index (Phi) is 10.3. The van der Waals surface area contributed by atoms with Gasteiger partial charge >= 0.3 is 0 Å². The van der Waals surface area contributed by atoms with Crippen LogP contribution in [0, 0.1) is 0 Å². The van der Waals surface area contributed by atoms with Crippen LogP contribution < -0.4 is 9.62 Å². The summed E-state index contributed by atoms with van der Waals surface area (Å²) in [6.45, 7) is 5.35. The molecule has 0 aromatic heterocycles. The number of sulfonamides is 1. The molecule has 1 N–H and O–H groups in total. The van der Waals surface area contributed by atoms with E-state index < -0.39 is 28.5 Å². The Labute approximate surface area is 230 Å². The molecule has 0 saturated heterocycles. The summed E-state index contributed by atoms with van der Waals surface area (Å²) >= 11 is 6.05. The van der Waals surface area contributed by atoms with Gasteiger partial charge in [-0.25, -0.2) is 8.42 Å². The standard InChI is InChI=1S/C29H34ClN3O4S/c1-4-22(3)31-29(35)27(5-2)32(20-23-16-18-24(30)19-17-23)28(34)21-33(25-12-8-6-9-13-25)38(36,37)26-14-10-7-11-15-26/h6-19,22,27H,4-5,20-21H2,1-3H3,(H,31,35)/t22-,27-/m1/s1. The van der Waals surface area contributed by atoms with Gasteiger partial charge in [0.2, 0.25) is 11.8 Å². The molecule has 202 valence electrons. The molecule has 0 aliphatic carbocycles. The monoisotopic (exact) mass is 555 g/mol. The number of benzene rings is 3. The minimum atomic E-state index is -4.07. The second-order valence-electron chi connectivity index (χ2n) is 9.05. The number of amides is 2. The van der Waals surface area contributed by atoms with Crippen LogP contribution in [-0.2, 0) is 26.2 Å². The molecule has 2 atom stereocenters. The maximum atomic E-state index is 14.0. The van der Waals surface area contributed by atoms with Crippen molar-refractivity contribution in [3.05, 3.63) is 95.5 Å². The van der Waals surface area contributed by atoms with E-state index in [2.05, 4.69) is 5.32 Å². The second-order valence-corrected chi connectivity index (χ2v) is 11.3. The van der Waals surface area contributed by atoms with Gasteiger partial charge in [0.05, 0.1) is 10.6 Å². The molecule has 0 fully saturated rings. The van der Waals surface area contributed by atoms with Gasteiger partial charge in [0.25, 0.3) is 10.0 Å². The summed E-state index contributed by atoms with van der Waals surface area (Å²) < 4.78 is 28.5. The van der Waals surface area contributed by atoms with Gasteiger partial charge < -0.3 is 10.2 Å². The second kappa shape index (κ2) is 13.4. The van der Waals surface area contributed by atoms with Crippen LogP contribution in [0.15, 0.2) is 89.8 Å². The van der Waals surface area contributed by atoms with Gasteiger partial charge in [-0.2, -0.15) is 0 Å². The summed E-state index contributed by atoms with van der Waals surface area (Å²) in [5.74, 6) is -0.768. The summed E-state index contributed by atoms with van der Waals surface area (Å²) in [7, 11) is -4.07. The lowest BCUT2D eigenvalue weighted by Gasteiger charge is -2.33. The summed E-state index contributed by atoms with van der Waals surface area (Å²) in [6.07, 6.45) is 1.10. The van der Waals surface area contributed by atoms with E-state index in [1.165, 1.54) is 17.0 Å². The number of rotatable bonds is 12. The number of anilines is 1. The van der Waals surface area contributed by atoms with Crippen LogP contribution in [0.1, 0.15) is 39.2 Å². The quantitative estimate of drug-likeness (QED) is 0.330. The van der Waals surface area contributed by atoms with E-state index in [-0.39, 0.29) is 23.4 Å². The number of hydrogen-bond donors (Lipinski definition) is 1. The molecule has 3 aromatic carbocycles. The summed E-state index contributed by atoms with van der Waals surface area (Å²) in [4.78, 5) is 28.7. The summed E-state index contributed by atoms with van der Waals surface area (Å²) in [5.41, 5.74) is 1.13. The van der Waals surface area contributed by atoms with Crippen molar-refractivity contribution in [2.24, 2.45) is 0 Å². The third kappa shape index (κ3) is 7.36. The summed E-state index contributed by atoms with van der Waals surface area (Å²) in [5, 5.41) is 3.52. The van der Waals surface area contributed by atoms with Gasteiger partial charge in [0, 0.05) is 17.6 Å². The fourth-order valence-corrected chi connectivity index (χ4v) is 5.55. The van der Waals surface area contributed by atoms with Crippen molar-refractivity contribution in [2.75, 3.05) is 10.8 Å². The highest BCUT2D eigenvalue weighted by atomic mass is 35.5. The van der Waals surface area contributed by atoms with E-state index in [0.29, 0.717) is 17.1 Å². The minimum absolute atomic E-state index is 0.0664. The van der Waals surface area contributed by atoms with Crippen LogP contribution >= 0.6 is 11.6 Å². The molecule has 0 aliphatic rings. The smallest absolute Gasteiger partial charge is 0.264 e. The van der Waals surface area contributed by atoms with Crippen molar-refractivity contribution in [1.29, 1.82) is 0 Å². The average Bonchev–Trinajstić information content (AvgIpc) is 2.93. The van der Waals surface area contributed by atoms with Gasteiger partial charge in [0.1, 0.15) is 12.6 Å². The van der Waals surface area contributed by atoms with Crippen LogP contribution in [0.2, 0.25) is 5.02 Å². The van der Waals surface area contributed by atoms with Gasteiger partial charge in [0.15, 0.2) is 0 Å². The minimum Gasteiger partial charge on any atom is -0.352 e. The molecule has 0 bridgehead atoms. The lowest BCUT2D eigenvalue weighted by Crippen LogP contribution is -2.53. The number of carbonyl (C=O) groups is 2. The fraction of sp³-hybridized carbons (Fsp3) is 0.310. The molecule has 3 aromatic rings. The molecule has 0 aliphatic heterocycles. The molecular formula is C29H34ClN3O4S. The SMILES string of the molecule is CC[C@@H](C)NC(=O)[C@@H](CC)N(Cc1ccc(Cl)cc1)C(=O)CN(c1ccccc1)S(=O)(=O)c1ccccc1. The number of nitrogens with one attached hydrogen (secondary N) is 1. The van der Waals surface area contributed by atoms with Crippen molar-refractivity contribution in [1.82, 2.24) is 10.2 Å². The molecule has 3 rings (SSSR count). The largest absolute Gasteiger partial charge is 0.352 e. The zero-order valence-corrected chi connectivity index (χ0v) is 23.5. The Morgan fingerprint density at radius 3 is 2.00 bits per heavy atom. The van der Waals surface area contributed by atoms with Crippen molar-refractivity contribution < 1.29 is 18.0 Å². The van der Waals surface area contributed by atoms with Crippen LogP contribution in [0.3, 0.4) is 0 Å². The highest BCUT2D eigenvalue weighted by Gasteiger charge is 2.33. The molecule has 0 spiro atoms. The van der Waals surface area contributed by atoms with E-state index in [0.717, 1.165) is 16.3 Å². The Balaban J connectivity index is 2.01. The highest BCUT2D eigenvalue weighted by molar-refractivity contribution is 7.92. The van der Waals surface area contributed by atoms with Gasteiger partial charge in [-0.15, -0.1) is 0 Å². The number of para-hydroxylation sites is 1. The van der Waals surface area contributed by atoms with Crippen LogP contribution in [0.25, 0.3) is 0 Å². The van der Waals surface area contributed by atoms with Crippen molar-refractivity contribution in [3.63, 3.8) is 0 Å². The van der Waals surface area contributed by atoms with E-state index in [4.69, 9.17) is 11.6 Å². The molecular weight excluding hydrogens is 522 g/mol. The van der Waals surface area contributed by atoms with Gasteiger partial charge in [-0.3, -0.25) is 13.9 Å². The first kappa shape index (κ1) is 29.2. The molecule has 7 nitrogen and oxygen atoms in total. The Bertz CT molecular complexity index is 1300. The van der Waals surface area contributed by atoms with Gasteiger partial charge in [-0.05, 0) is 61.7 Å². The Hall–Kier alpha value is -3.36. The van der Waals surface area contributed by atoms with E-state index >= 15 is 0 Å².